The van der Waals surface area contributed by atoms with Gasteiger partial charge in [0.1, 0.15) is 11.6 Å². The predicted octanol–water partition coefficient (Wildman–Crippen LogP) is 3.41. The van der Waals surface area contributed by atoms with Crippen molar-refractivity contribution < 1.29 is 5.11 Å². The molecule has 0 fully saturated rings. The van der Waals surface area contributed by atoms with Gasteiger partial charge in [-0.05, 0) is 13.3 Å². The summed E-state index contributed by atoms with van der Waals surface area (Å²) in [6.45, 7) is 3.88. The van der Waals surface area contributed by atoms with Crippen molar-refractivity contribution in [2.45, 2.75) is 33.2 Å². The summed E-state index contributed by atoms with van der Waals surface area (Å²) < 4.78 is 1.17. The van der Waals surface area contributed by atoms with Gasteiger partial charge in [-0.25, -0.2) is 4.98 Å². The molecule has 0 atom stereocenters. The Bertz CT molecular complexity index is 787. The molecule has 2 heterocycles. The largest absolute Gasteiger partial charge is 0.493 e. The van der Waals surface area contributed by atoms with Crippen molar-refractivity contribution in [3.8, 4) is 11.9 Å². The number of rotatable bonds is 5. The minimum absolute atomic E-state index is 0.0452. The van der Waals surface area contributed by atoms with Gasteiger partial charge < -0.3 is 5.11 Å². The van der Waals surface area contributed by atoms with Gasteiger partial charge in [0.15, 0.2) is 5.69 Å². The van der Waals surface area contributed by atoms with Gasteiger partial charge in [0.05, 0.1) is 0 Å². The van der Waals surface area contributed by atoms with Crippen LogP contribution in [-0.2, 0) is 6.54 Å². The van der Waals surface area contributed by atoms with Crippen molar-refractivity contribution in [2.75, 3.05) is 0 Å². The molecule has 8 heteroatoms. The summed E-state index contributed by atoms with van der Waals surface area (Å²) in [4.78, 5) is 16.4. The molecule has 0 saturated carbocycles. The van der Waals surface area contributed by atoms with E-state index < -0.39 is 5.56 Å². The van der Waals surface area contributed by atoms with Crippen LogP contribution in [0, 0.1) is 18.3 Å². The average molecular weight is 317 g/mol. The normalized spacial score (nSPS) is 11.0. The van der Waals surface area contributed by atoms with Gasteiger partial charge in [0.2, 0.25) is 11.0 Å². The van der Waals surface area contributed by atoms with Crippen molar-refractivity contribution in [3.05, 3.63) is 33.1 Å². The van der Waals surface area contributed by atoms with Gasteiger partial charge in [-0.1, -0.05) is 13.3 Å². The molecule has 0 bridgehead atoms. The first-order chi connectivity index (χ1) is 10.6. The first-order valence-electron chi connectivity index (χ1n) is 6.77. The number of hydrogen-bond acceptors (Lipinski definition) is 7. The van der Waals surface area contributed by atoms with E-state index in [0.717, 1.165) is 6.42 Å². The average Bonchev–Trinajstić information content (AvgIpc) is 3.01. The number of nitrogens with zero attached hydrogens (tertiary/aromatic N) is 5. The molecule has 2 rings (SSSR count). The summed E-state index contributed by atoms with van der Waals surface area (Å²) in [7, 11) is 0. The van der Waals surface area contributed by atoms with Crippen molar-refractivity contribution in [1.82, 2.24) is 9.55 Å². The Balaban J connectivity index is 2.57. The molecule has 0 amide bonds. The van der Waals surface area contributed by atoms with E-state index in [4.69, 9.17) is 0 Å². The number of hydrogen-bond donors (Lipinski definition) is 1. The highest BCUT2D eigenvalue weighted by Crippen LogP contribution is 2.27. The van der Waals surface area contributed by atoms with Crippen LogP contribution in [0.2, 0.25) is 0 Å². The quantitative estimate of drug-likeness (QED) is 0.853. The first kappa shape index (κ1) is 15.9. The number of pyridine rings is 1. The van der Waals surface area contributed by atoms with Gasteiger partial charge in [0, 0.05) is 23.7 Å². The van der Waals surface area contributed by atoms with E-state index in [1.54, 1.807) is 18.5 Å². The Morgan fingerprint density at radius 1 is 1.50 bits per heavy atom. The van der Waals surface area contributed by atoms with Crippen LogP contribution in [0.4, 0.5) is 10.8 Å². The highest BCUT2D eigenvalue weighted by atomic mass is 32.1. The van der Waals surface area contributed by atoms with Gasteiger partial charge >= 0.3 is 0 Å². The molecule has 0 aromatic carbocycles. The van der Waals surface area contributed by atoms with E-state index in [-0.39, 0.29) is 17.1 Å². The minimum atomic E-state index is -0.456. The van der Waals surface area contributed by atoms with E-state index in [0.29, 0.717) is 23.7 Å². The summed E-state index contributed by atoms with van der Waals surface area (Å²) in [5.41, 5.74) is -0.0368. The monoisotopic (exact) mass is 317 g/mol. The lowest BCUT2D eigenvalue weighted by Gasteiger charge is -2.12. The second-order valence-electron chi connectivity index (χ2n) is 4.61. The predicted molar refractivity (Wildman–Crippen MR) is 83.0 cm³/mol. The van der Waals surface area contributed by atoms with Gasteiger partial charge in [0.25, 0.3) is 5.56 Å². The van der Waals surface area contributed by atoms with Gasteiger partial charge in [-0.3, -0.25) is 9.36 Å². The molecule has 0 aliphatic rings. The highest BCUT2D eigenvalue weighted by molar-refractivity contribution is 7.13. The molecule has 0 spiro atoms. The Kier molecular flexibility index (Phi) is 5.01. The van der Waals surface area contributed by atoms with Crippen LogP contribution < -0.4 is 5.56 Å². The van der Waals surface area contributed by atoms with Crippen LogP contribution in [0.3, 0.4) is 0 Å². The summed E-state index contributed by atoms with van der Waals surface area (Å²) in [6, 6.07) is 1.92. The molecule has 0 aliphatic carbocycles. The number of nitriles is 1. The second kappa shape index (κ2) is 6.95. The maximum atomic E-state index is 12.5. The number of thiazole rings is 1. The third-order valence-electron chi connectivity index (χ3n) is 3.16. The van der Waals surface area contributed by atoms with Crippen LogP contribution in [0.25, 0.3) is 0 Å². The smallest absolute Gasteiger partial charge is 0.281 e. The van der Waals surface area contributed by atoms with Crippen molar-refractivity contribution >= 4 is 22.2 Å². The van der Waals surface area contributed by atoms with Crippen LogP contribution in [0.15, 0.2) is 26.6 Å². The lowest BCUT2D eigenvalue weighted by molar-refractivity contribution is 0.399. The number of aromatic nitrogens is 2. The van der Waals surface area contributed by atoms with Crippen LogP contribution in [-0.4, -0.2) is 14.7 Å². The lowest BCUT2D eigenvalue weighted by atomic mass is 10.1. The van der Waals surface area contributed by atoms with E-state index >= 15 is 0 Å². The summed E-state index contributed by atoms with van der Waals surface area (Å²) in [5, 5.41) is 29.3. The number of azo groups is 1. The molecule has 0 aliphatic heterocycles. The summed E-state index contributed by atoms with van der Waals surface area (Å²) in [5.74, 6) is -0.313. The molecule has 1 N–H and O–H groups in total. The third kappa shape index (κ3) is 3.04. The Morgan fingerprint density at radius 2 is 2.27 bits per heavy atom. The zero-order valence-electron chi connectivity index (χ0n) is 12.3. The van der Waals surface area contributed by atoms with E-state index in [2.05, 4.69) is 15.2 Å². The lowest BCUT2D eigenvalue weighted by Crippen LogP contribution is -2.22. The fraction of sp³-hybridized carbons (Fsp3) is 0.357. The van der Waals surface area contributed by atoms with E-state index in [9.17, 15) is 15.2 Å². The molecular weight excluding hydrogens is 302 g/mol. The number of aromatic hydroxyl groups is 1. The Hall–Kier alpha value is -2.53. The minimum Gasteiger partial charge on any atom is -0.493 e. The first-order valence-corrected chi connectivity index (χ1v) is 7.65. The zero-order chi connectivity index (χ0) is 16.1. The summed E-state index contributed by atoms with van der Waals surface area (Å²) in [6.07, 6.45) is 3.16. The van der Waals surface area contributed by atoms with Crippen LogP contribution >= 0.6 is 11.3 Å². The topological polar surface area (TPSA) is 104 Å². The summed E-state index contributed by atoms with van der Waals surface area (Å²) >= 11 is 1.29. The fourth-order valence-corrected chi connectivity index (χ4v) is 2.39. The van der Waals surface area contributed by atoms with E-state index in [1.807, 2.05) is 13.0 Å². The SMILES string of the molecule is CCCCn1c(O)c(C#N)c(C)c(N=Nc2nccs2)c1=O. The highest BCUT2D eigenvalue weighted by Gasteiger charge is 2.18. The Labute approximate surface area is 131 Å². The molecule has 0 saturated heterocycles. The van der Waals surface area contributed by atoms with Crippen molar-refractivity contribution in [2.24, 2.45) is 10.2 Å². The second-order valence-corrected chi connectivity index (χ2v) is 5.48. The fourth-order valence-electron chi connectivity index (χ4n) is 1.94. The Morgan fingerprint density at radius 3 is 2.86 bits per heavy atom. The molecule has 0 radical (unpaired) electrons. The molecule has 22 heavy (non-hydrogen) atoms. The molecule has 114 valence electrons. The molecule has 7 nitrogen and oxygen atoms in total. The molecule has 2 aromatic heterocycles. The van der Waals surface area contributed by atoms with E-state index in [1.165, 1.54) is 15.9 Å². The van der Waals surface area contributed by atoms with Crippen molar-refractivity contribution in [1.29, 1.82) is 5.26 Å². The zero-order valence-corrected chi connectivity index (χ0v) is 13.1. The van der Waals surface area contributed by atoms with Crippen LogP contribution in [0.5, 0.6) is 5.88 Å². The van der Waals surface area contributed by atoms with Crippen LogP contribution in [0.1, 0.15) is 30.9 Å². The van der Waals surface area contributed by atoms with Gasteiger partial charge in [-0.2, -0.15) is 5.26 Å². The third-order valence-corrected chi connectivity index (χ3v) is 3.81. The van der Waals surface area contributed by atoms with Gasteiger partial charge in [-0.15, -0.1) is 21.6 Å². The standard InChI is InChI=1S/C14H15N5O2S/c1-3-4-6-19-12(20)10(8-15)9(2)11(13(19)21)17-18-14-16-5-7-22-14/h5,7,20H,3-4,6H2,1-2H3. The number of unbranched alkanes of at least 4 members (excludes halogenated alkanes) is 1. The molecular formula is C14H15N5O2S. The van der Waals surface area contributed by atoms with Crippen molar-refractivity contribution in [3.63, 3.8) is 0 Å². The molecule has 0 unspecified atom stereocenters. The maximum Gasteiger partial charge on any atom is 0.281 e. The maximum absolute atomic E-state index is 12.5. The molecule has 2 aromatic rings.